The summed E-state index contributed by atoms with van der Waals surface area (Å²) in [4.78, 5) is 11.8. The Morgan fingerprint density at radius 2 is 1.77 bits per heavy atom. The summed E-state index contributed by atoms with van der Waals surface area (Å²) >= 11 is 0. The third kappa shape index (κ3) is 6.38. The summed E-state index contributed by atoms with van der Waals surface area (Å²) in [7, 11) is 0. The van der Waals surface area contributed by atoms with Crippen LogP contribution in [0.4, 0.5) is 13.2 Å². The Bertz CT molecular complexity index is 676. The predicted molar refractivity (Wildman–Crippen MR) is 98.0 cm³/mol. The highest BCUT2D eigenvalue weighted by atomic mass is 19.4. The molecule has 0 heterocycles. The number of rotatable bonds is 9. The van der Waals surface area contributed by atoms with Crippen LogP contribution in [0.15, 0.2) is 42.5 Å². The van der Waals surface area contributed by atoms with Crippen LogP contribution in [-0.2, 0) is 11.2 Å². The number of carbonyl (C=O) groups is 1. The van der Waals surface area contributed by atoms with Gasteiger partial charge in [-0.3, -0.25) is 10.2 Å². The molecule has 26 heavy (non-hydrogen) atoms. The molecular weight excluding hydrogens is 343 g/mol. The highest BCUT2D eigenvalue weighted by Crippen LogP contribution is 2.21. The van der Waals surface area contributed by atoms with Crippen molar-refractivity contribution < 1.29 is 18.0 Å². The maximum atomic E-state index is 12.5. The lowest BCUT2D eigenvalue weighted by Crippen LogP contribution is -2.37. The minimum atomic E-state index is -4.85. The normalized spacial score (nSPS) is 11.8. The molecule has 7 heteroatoms. The van der Waals surface area contributed by atoms with E-state index >= 15 is 0 Å². The van der Waals surface area contributed by atoms with Gasteiger partial charge < -0.3 is 10.6 Å². The number of halogens is 3. The van der Waals surface area contributed by atoms with Crippen molar-refractivity contribution in [3.63, 3.8) is 0 Å². The molecule has 142 valence electrons. The van der Waals surface area contributed by atoms with Crippen LogP contribution in [0.5, 0.6) is 0 Å². The first-order valence-electron chi connectivity index (χ1n) is 8.33. The third-order valence-electron chi connectivity index (χ3n) is 3.68. The van der Waals surface area contributed by atoms with E-state index in [2.05, 4.69) is 24.1 Å². The number of alkyl halides is 3. The molecule has 0 fully saturated rings. The summed E-state index contributed by atoms with van der Waals surface area (Å²) in [6.07, 6.45) is -1.80. The van der Waals surface area contributed by atoms with Gasteiger partial charge in [0.1, 0.15) is 5.71 Å². The lowest BCUT2D eigenvalue weighted by molar-refractivity contribution is -0.117. The Labute approximate surface area is 151 Å². The van der Waals surface area contributed by atoms with E-state index in [0.29, 0.717) is 12.2 Å². The first-order valence-corrected chi connectivity index (χ1v) is 8.33. The Hall–Kier alpha value is -2.57. The lowest BCUT2D eigenvalue weighted by atomic mass is 10.1. The second-order valence-corrected chi connectivity index (χ2v) is 5.68. The van der Waals surface area contributed by atoms with Crippen LogP contribution in [0.3, 0.4) is 0 Å². The minimum absolute atomic E-state index is 0.105. The molecule has 0 aromatic heterocycles. The Balaban J connectivity index is 2.47. The molecule has 0 aliphatic rings. The van der Waals surface area contributed by atoms with Crippen molar-refractivity contribution in [2.75, 3.05) is 13.1 Å². The lowest BCUT2D eigenvalue weighted by Gasteiger charge is -2.14. The molecule has 1 rings (SSSR count). The molecule has 0 bridgehead atoms. The predicted octanol–water partition coefficient (Wildman–Crippen LogP) is 3.84. The molecule has 0 unspecified atom stereocenters. The molecule has 1 amide bonds. The topological polar surface area (TPSA) is 65.0 Å². The van der Waals surface area contributed by atoms with Crippen LogP contribution in [0.1, 0.15) is 31.4 Å². The number of benzene rings is 1. The molecule has 0 saturated carbocycles. The molecule has 0 spiro atoms. The Kier molecular flexibility index (Phi) is 8.09. The van der Waals surface area contributed by atoms with Gasteiger partial charge in [-0.05, 0) is 24.5 Å². The second-order valence-electron chi connectivity index (χ2n) is 5.68. The van der Waals surface area contributed by atoms with E-state index in [4.69, 9.17) is 5.41 Å². The average molecular weight is 367 g/mol. The van der Waals surface area contributed by atoms with Crippen LogP contribution in [-0.4, -0.2) is 30.9 Å². The molecular formula is C19H24F3N3O. The molecule has 3 N–H and O–H groups in total. The van der Waals surface area contributed by atoms with E-state index in [9.17, 15) is 18.0 Å². The number of amides is 1. The summed E-state index contributed by atoms with van der Waals surface area (Å²) in [6.45, 7) is 7.72. The van der Waals surface area contributed by atoms with Crippen molar-refractivity contribution >= 4 is 17.3 Å². The van der Waals surface area contributed by atoms with Gasteiger partial charge >= 0.3 is 6.18 Å². The molecule has 4 nitrogen and oxygen atoms in total. The molecule has 0 aliphatic carbocycles. The first kappa shape index (κ1) is 21.5. The monoisotopic (exact) mass is 367 g/mol. The number of nitrogens with one attached hydrogen (secondary N) is 3. The quantitative estimate of drug-likeness (QED) is 0.353. The van der Waals surface area contributed by atoms with Gasteiger partial charge in [-0.1, -0.05) is 50.3 Å². The summed E-state index contributed by atoms with van der Waals surface area (Å²) in [5, 5.41) is 12.4. The van der Waals surface area contributed by atoms with Crippen molar-refractivity contribution in [1.82, 2.24) is 10.6 Å². The van der Waals surface area contributed by atoms with Gasteiger partial charge in [-0.2, -0.15) is 13.2 Å². The fourth-order valence-electron chi connectivity index (χ4n) is 2.29. The number of hydrogen-bond donors (Lipinski definition) is 3. The van der Waals surface area contributed by atoms with Gasteiger partial charge in [0.15, 0.2) is 0 Å². The molecule has 1 aromatic rings. The van der Waals surface area contributed by atoms with Gasteiger partial charge in [0.2, 0.25) is 0 Å². The first-order chi connectivity index (χ1) is 12.2. The number of allylic oxidation sites excluding steroid dienone is 1. The van der Waals surface area contributed by atoms with Gasteiger partial charge in [-0.15, -0.1) is 0 Å². The number of carbonyl (C=O) groups excluding carboxylic acids is 1. The van der Waals surface area contributed by atoms with E-state index in [1.54, 1.807) is 0 Å². The van der Waals surface area contributed by atoms with E-state index in [1.807, 2.05) is 24.3 Å². The number of hydrogen-bond acceptors (Lipinski definition) is 3. The van der Waals surface area contributed by atoms with Crippen molar-refractivity contribution in [3.05, 3.63) is 53.6 Å². The van der Waals surface area contributed by atoms with Crippen molar-refractivity contribution in [3.8, 4) is 0 Å². The molecule has 0 aliphatic heterocycles. The van der Waals surface area contributed by atoms with Gasteiger partial charge in [0.25, 0.3) is 5.91 Å². The van der Waals surface area contributed by atoms with Crippen molar-refractivity contribution in [1.29, 1.82) is 5.41 Å². The zero-order chi connectivity index (χ0) is 19.7. The zero-order valence-corrected chi connectivity index (χ0v) is 15.0. The molecule has 1 aromatic carbocycles. The number of aryl methyl sites for hydroxylation is 1. The summed E-state index contributed by atoms with van der Waals surface area (Å²) < 4.78 is 37.6. The van der Waals surface area contributed by atoms with Gasteiger partial charge in [0, 0.05) is 18.8 Å². The van der Waals surface area contributed by atoms with Crippen molar-refractivity contribution in [2.45, 2.75) is 32.9 Å². The van der Waals surface area contributed by atoms with Gasteiger partial charge in [0.05, 0.1) is 5.57 Å². The van der Waals surface area contributed by atoms with Crippen LogP contribution < -0.4 is 10.6 Å². The fourth-order valence-corrected chi connectivity index (χ4v) is 2.29. The SMILES string of the molecule is C=C(NCCNC(=O)/C(=C/C)C(=N)C(F)(F)F)c1ccc(CCC)cc1. The largest absolute Gasteiger partial charge is 0.433 e. The zero-order valence-electron chi connectivity index (χ0n) is 15.0. The fraction of sp³-hybridized carbons (Fsp3) is 0.368. The van der Waals surface area contributed by atoms with Crippen LogP contribution >= 0.6 is 0 Å². The van der Waals surface area contributed by atoms with Crippen LogP contribution in [0.25, 0.3) is 5.70 Å². The summed E-state index contributed by atoms with van der Waals surface area (Å²) in [6, 6.07) is 7.94. The minimum Gasteiger partial charge on any atom is -0.383 e. The highest BCUT2D eigenvalue weighted by Gasteiger charge is 2.38. The molecule has 0 atom stereocenters. The molecule has 0 saturated heterocycles. The van der Waals surface area contributed by atoms with E-state index < -0.39 is 23.4 Å². The Morgan fingerprint density at radius 3 is 2.27 bits per heavy atom. The average Bonchev–Trinajstić information content (AvgIpc) is 2.59. The highest BCUT2D eigenvalue weighted by molar-refractivity contribution is 6.22. The second kappa shape index (κ2) is 9.79. The smallest absolute Gasteiger partial charge is 0.383 e. The van der Waals surface area contributed by atoms with Gasteiger partial charge in [-0.25, -0.2) is 0 Å². The molecule has 0 radical (unpaired) electrons. The third-order valence-corrected chi connectivity index (χ3v) is 3.68. The van der Waals surface area contributed by atoms with Crippen LogP contribution in [0.2, 0.25) is 0 Å². The standard InChI is InChI=1S/C19H24F3N3O/c1-4-6-14-7-9-15(10-8-14)13(3)24-11-12-25-18(26)16(5-2)17(23)19(20,21)22/h5,7-10,23-24H,3-4,6,11-12H2,1-2H3,(H,25,26)/b16-5+,23-17?. The van der Waals surface area contributed by atoms with Crippen molar-refractivity contribution in [2.24, 2.45) is 0 Å². The van der Waals surface area contributed by atoms with E-state index in [-0.39, 0.29) is 6.54 Å². The summed E-state index contributed by atoms with van der Waals surface area (Å²) in [5.41, 5.74) is 0.466. The maximum absolute atomic E-state index is 12.5. The van der Waals surface area contributed by atoms with Crippen LogP contribution in [0, 0.1) is 5.41 Å². The Morgan fingerprint density at radius 1 is 1.19 bits per heavy atom. The van der Waals surface area contributed by atoms with E-state index in [0.717, 1.165) is 24.5 Å². The van der Waals surface area contributed by atoms with E-state index in [1.165, 1.54) is 12.5 Å². The maximum Gasteiger partial charge on any atom is 0.433 e. The summed E-state index contributed by atoms with van der Waals surface area (Å²) in [5.74, 6) is -0.925.